The molecule has 0 fully saturated rings. The standard InChI is InChI=1S/C12H12BrFO2/c1-12(2)5-6-7(13)4-8(14)10(16-3)9(6)11(12)15/h4H,5H2,1-3H3. The molecular formula is C12H12BrFO2. The predicted molar refractivity (Wildman–Crippen MR) is 62.5 cm³/mol. The fourth-order valence-corrected chi connectivity index (χ4v) is 2.65. The van der Waals surface area contributed by atoms with Gasteiger partial charge in [0.2, 0.25) is 0 Å². The average molecular weight is 287 g/mol. The van der Waals surface area contributed by atoms with Gasteiger partial charge < -0.3 is 4.74 Å². The van der Waals surface area contributed by atoms with E-state index < -0.39 is 11.2 Å². The number of halogens is 2. The lowest BCUT2D eigenvalue weighted by Gasteiger charge is -2.13. The van der Waals surface area contributed by atoms with E-state index in [9.17, 15) is 9.18 Å². The van der Waals surface area contributed by atoms with Gasteiger partial charge in [-0.25, -0.2) is 4.39 Å². The van der Waals surface area contributed by atoms with Crippen molar-refractivity contribution in [1.82, 2.24) is 0 Å². The second-order valence-corrected chi connectivity index (χ2v) is 5.47. The van der Waals surface area contributed by atoms with Crippen molar-refractivity contribution in [2.75, 3.05) is 7.11 Å². The number of hydrogen-bond acceptors (Lipinski definition) is 2. The van der Waals surface area contributed by atoms with Crippen molar-refractivity contribution in [3.05, 3.63) is 27.5 Å². The average Bonchev–Trinajstić information content (AvgIpc) is 2.42. The molecule has 0 aliphatic heterocycles. The largest absolute Gasteiger partial charge is 0.493 e. The van der Waals surface area contributed by atoms with Crippen LogP contribution < -0.4 is 4.74 Å². The third-order valence-electron chi connectivity index (χ3n) is 2.95. The van der Waals surface area contributed by atoms with Crippen LogP contribution in [0.5, 0.6) is 5.75 Å². The molecule has 86 valence electrons. The van der Waals surface area contributed by atoms with Crippen LogP contribution >= 0.6 is 15.9 Å². The topological polar surface area (TPSA) is 26.3 Å². The summed E-state index contributed by atoms with van der Waals surface area (Å²) in [5.74, 6) is -0.493. The summed E-state index contributed by atoms with van der Waals surface area (Å²) in [6, 6.07) is 1.35. The van der Waals surface area contributed by atoms with Gasteiger partial charge in [-0.3, -0.25) is 4.79 Å². The summed E-state index contributed by atoms with van der Waals surface area (Å²) in [5, 5.41) is 0. The van der Waals surface area contributed by atoms with Crippen molar-refractivity contribution in [2.45, 2.75) is 20.3 Å². The summed E-state index contributed by atoms with van der Waals surface area (Å²) in [7, 11) is 1.38. The van der Waals surface area contributed by atoms with Crippen LogP contribution in [0.25, 0.3) is 0 Å². The summed E-state index contributed by atoms with van der Waals surface area (Å²) in [6.45, 7) is 3.72. The lowest BCUT2D eigenvalue weighted by Crippen LogP contribution is -2.19. The monoisotopic (exact) mass is 286 g/mol. The smallest absolute Gasteiger partial charge is 0.172 e. The first-order chi connectivity index (χ1) is 7.38. The molecule has 1 aromatic rings. The van der Waals surface area contributed by atoms with Gasteiger partial charge in [0.1, 0.15) is 0 Å². The first kappa shape index (κ1) is 11.6. The Hall–Kier alpha value is -0.900. The molecule has 0 amide bonds. The molecule has 0 unspecified atom stereocenters. The van der Waals surface area contributed by atoms with E-state index in [0.717, 1.165) is 5.56 Å². The van der Waals surface area contributed by atoms with E-state index in [0.29, 0.717) is 16.5 Å². The first-order valence-corrected chi connectivity index (χ1v) is 5.77. The highest BCUT2D eigenvalue weighted by Crippen LogP contribution is 2.44. The summed E-state index contributed by atoms with van der Waals surface area (Å²) in [5.41, 5.74) is 0.749. The summed E-state index contributed by atoms with van der Waals surface area (Å²) >= 11 is 3.29. The van der Waals surface area contributed by atoms with E-state index in [-0.39, 0.29) is 11.5 Å². The fraction of sp³-hybridized carbons (Fsp3) is 0.417. The second kappa shape index (κ2) is 3.55. The van der Waals surface area contributed by atoms with E-state index >= 15 is 0 Å². The number of benzene rings is 1. The van der Waals surface area contributed by atoms with E-state index in [2.05, 4.69) is 15.9 Å². The maximum absolute atomic E-state index is 13.6. The van der Waals surface area contributed by atoms with E-state index in [1.165, 1.54) is 13.2 Å². The Morgan fingerprint density at radius 1 is 1.50 bits per heavy atom. The molecule has 0 saturated carbocycles. The summed E-state index contributed by atoms with van der Waals surface area (Å²) in [4.78, 5) is 12.1. The number of carbonyl (C=O) groups excluding carboxylic acids is 1. The first-order valence-electron chi connectivity index (χ1n) is 4.98. The zero-order valence-corrected chi connectivity index (χ0v) is 10.9. The van der Waals surface area contributed by atoms with Crippen LogP contribution in [0.3, 0.4) is 0 Å². The van der Waals surface area contributed by atoms with Gasteiger partial charge >= 0.3 is 0 Å². The van der Waals surface area contributed by atoms with Gasteiger partial charge in [-0.1, -0.05) is 29.8 Å². The number of carbonyl (C=O) groups is 1. The zero-order chi connectivity index (χ0) is 12.1. The molecule has 1 aliphatic carbocycles. The Bertz CT molecular complexity index is 480. The Balaban J connectivity index is 2.75. The molecule has 2 nitrogen and oxygen atoms in total. The quantitative estimate of drug-likeness (QED) is 0.791. The van der Waals surface area contributed by atoms with E-state index in [1.807, 2.05) is 13.8 Å². The van der Waals surface area contributed by atoms with Crippen molar-refractivity contribution in [3.8, 4) is 5.75 Å². The highest BCUT2D eigenvalue weighted by molar-refractivity contribution is 9.10. The zero-order valence-electron chi connectivity index (χ0n) is 9.36. The number of ketones is 1. The number of fused-ring (bicyclic) bond motifs is 1. The lowest BCUT2D eigenvalue weighted by molar-refractivity contribution is 0.0860. The van der Waals surface area contributed by atoms with Gasteiger partial charge in [0, 0.05) is 9.89 Å². The Kier molecular flexibility index (Phi) is 2.57. The third-order valence-corrected chi connectivity index (χ3v) is 3.66. The maximum atomic E-state index is 13.6. The number of ether oxygens (including phenoxy) is 1. The molecular weight excluding hydrogens is 275 g/mol. The van der Waals surface area contributed by atoms with Crippen molar-refractivity contribution in [1.29, 1.82) is 0 Å². The van der Waals surface area contributed by atoms with Crippen LogP contribution in [0.1, 0.15) is 29.8 Å². The highest BCUT2D eigenvalue weighted by atomic mass is 79.9. The summed E-state index contributed by atoms with van der Waals surface area (Å²) < 4.78 is 19.3. The minimum atomic E-state index is -0.501. The molecule has 0 atom stereocenters. The van der Waals surface area contributed by atoms with Crippen LogP contribution in [-0.2, 0) is 6.42 Å². The van der Waals surface area contributed by atoms with Gasteiger partial charge in [0.25, 0.3) is 0 Å². The molecule has 0 aromatic heterocycles. The number of methoxy groups -OCH3 is 1. The molecule has 0 spiro atoms. The number of rotatable bonds is 1. The SMILES string of the molecule is COc1c(F)cc(Br)c2c1C(=O)C(C)(C)C2. The van der Waals surface area contributed by atoms with Crippen molar-refractivity contribution in [2.24, 2.45) is 5.41 Å². The van der Waals surface area contributed by atoms with Crippen LogP contribution in [0, 0.1) is 11.2 Å². The van der Waals surface area contributed by atoms with Crippen LogP contribution in [0.4, 0.5) is 4.39 Å². The maximum Gasteiger partial charge on any atom is 0.172 e. The van der Waals surface area contributed by atoms with Gasteiger partial charge in [0.05, 0.1) is 12.7 Å². The second-order valence-electron chi connectivity index (χ2n) is 4.62. The third kappa shape index (κ3) is 1.47. The van der Waals surface area contributed by atoms with E-state index in [1.54, 1.807) is 0 Å². The molecule has 0 N–H and O–H groups in total. The molecule has 4 heteroatoms. The molecule has 1 aliphatic rings. The molecule has 2 rings (SSSR count). The Morgan fingerprint density at radius 3 is 2.69 bits per heavy atom. The highest BCUT2D eigenvalue weighted by Gasteiger charge is 2.41. The van der Waals surface area contributed by atoms with Crippen LogP contribution in [0.2, 0.25) is 0 Å². The molecule has 16 heavy (non-hydrogen) atoms. The van der Waals surface area contributed by atoms with Crippen molar-refractivity contribution >= 4 is 21.7 Å². The number of hydrogen-bond donors (Lipinski definition) is 0. The van der Waals surface area contributed by atoms with Gasteiger partial charge in [-0.2, -0.15) is 0 Å². The van der Waals surface area contributed by atoms with Crippen molar-refractivity contribution in [3.63, 3.8) is 0 Å². The molecule has 1 aromatic carbocycles. The van der Waals surface area contributed by atoms with Crippen LogP contribution in [-0.4, -0.2) is 12.9 Å². The Labute approximate surface area is 102 Å². The molecule has 0 heterocycles. The Morgan fingerprint density at radius 2 is 2.12 bits per heavy atom. The van der Waals surface area contributed by atoms with Crippen LogP contribution in [0.15, 0.2) is 10.5 Å². The van der Waals surface area contributed by atoms with E-state index in [4.69, 9.17) is 4.74 Å². The van der Waals surface area contributed by atoms with Gasteiger partial charge in [-0.15, -0.1) is 0 Å². The molecule has 0 bridgehead atoms. The lowest BCUT2D eigenvalue weighted by atomic mass is 9.89. The normalized spacial score (nSPS) is 17.4. The fourth-order valence-electron chi connectivity index (χ4n) is 2.11. The van der Waals surface area contributed by atoms with Crippen molar-refractivity contribution < 1.29 is 13.9 Å². The minimum Gasteiger partial charge on any atom is -0.493 e. The van der Waals surface area contributed by atoms with Gasteiger partial charge in [0.15, 0.2) is 17.3 Å². The molecule has 0 radical (unpaired) electrons. The van der Waals surface area contributed by atoms with Gasteiger partial charge in [-0.05, 0) is 18.1 Å². The molecule has 0 saturated heterocycles. The number of Topliss-reactive ketones (excluding diaryl/α,β-unsaturated/α-hetero) is 1. The predicted octanol–water partition coefficient (Wildman–Crippen LogP) is 3.36. The summed E-state index contributed by atoms with van der Waals surface area (Å²) in [6.07, 6.45) is 0.610. The minimum absolute atomic E-state index is 0.0560.